The van der Waals surface area contributed by atoms with E-state index >= 15 is 0 Å². The van der Waals surface area contributed by atoms with E-state index in [9.17, 15) is 0 Å². The molecule has 1 unspecified atom stereocenters. The highest BCUT2D eigenvalue weighted by Gasteiger charge is 2.16. The molecule has 0 heterocycles. The molecule has 1 aliphatic rings. The summed E-state index contributed by atoms with van der Waals surface area (Å²) in [5, 5.41) is 0. The summed E-state index contributed by atoms with van der Waals surface area (Å²) in [6, 6.07) is 0. The third-order valence-corrected chi connectivity index (χ3v) is 3.44. The molecule has 1 atom stereocenters. The maximum absolute atomic E-state index is 2.46. The first-order valence-corrected chi connectivity index (χ1v) is 6.36. The van der Waals surface area contributed by atoms with Crippen LogP contribution in [0, 0.1) is 17.3 Å². The van der Waals surface area contributed by atoms with Gasteiger partial charge in [-0.1, -0.05) is 52.0 Å². The van der Waals surface area contributed by atoms with Crippen LogP contribution >= 0.6 is 0 Å². The van der Waals surface area contributed by atoms with Crippen LogP contribution < -0.4 is 0 Å². The van der Waals surface area contributed by atoms with Crippen LogP contribution in [0.15, 0.2) is 24.3 Å². The Bertz CT molecular complexity index is 230. The van der Waals surface area contributed by atoms with Crippen LogP contribution in [0.25, 0.3) is 0 Å². The molecule has 0 radical (unpaired) electrons. The van der Waals surface area contributed by atoms with E-state index in [0.717, 1.165) is 11.8 Å². The lowest BCUT2D eigenvalue weighted by Crippen LogP contribution is -2.11. The molecule has 0 aromatic heterocycles. The fraction of sp³-hybridized carbons (Fsp3) is 0.733. The lowest BCUT2D eigenvalue weighted by atomic mass is 9.82. The zero-order valence-electron chi connectivity index (χ0n) is 10.8. The average molecular weight is 206 g/mol. The Kier molecular flexibility index (Phi) is 4.63. The fourth-order valence-corrected chi connectivity index (χ4v) is 2.10. The van der Waals surface area contributed by atoms with Gasteiger partial charge in [-0.25, -0.2) is 0 Å². The Labute approximate surface area is 95.5 Å². The van der Waals surface area contributed by atoms with Crippen LogP contribution in [0.2, 0.25) is 0 Å². The van der Waals surface area contributed by atoms with E-state index in [2.05, 4.69) is 52.0 Å². The second kappa shape index (κ2) is 5.53. The number of allylic oxidation sites excluding steroid dienone is 4. The van der Waals surface area contributed by atoms with E-state index in [4.69, 9.17) is 0 Å². The Morgan fingerprint density at radius 1 is 1.13 bits per heavy atom. The van der Waals surface area contributed by atoms with E-state index in [-0.39, 0.29) is 0 Å². The standard InChI is InChI=1S/C15H26/c1-13(2)14-9-7-5-6-8-11-15(3,4)12-10-14/h5-6,10,12-14H,7-9,11H2,1-4H3. The summed E-state index contributed by atoms with van der Waals surface area (Å²) < 4.78 is 0. The van der Waals surface area contributed by atoms with Gasteiger partial charge in [0.05, 0.1) is 0 Å². The van der Waals surface area contributed by atoms with Gasteiger partial charge in [-0.2, -0.15) is 0 Å². The molecule has 0 saturated heterocycles. The molecule has 0 saturated carbocycles. The first-order valence-electron chi connectivity index (χ1n) is 6.36. The fourth-order valence-electron chi connectivity index (χ4n) is 2.10. The van der Waals surface area contributed by atoms with E-state index in [1.807, 2.05) is 0 Å². The monoisotopic (exact) mass is 206 g/mol. The molecule has 15 heavy (non-hydrogen) atoms. The van der Waals surface area contributed by atoms with Gasteiger partial charge < -0.3 is 0 Å². The number of hydrogen-bond donors (Lipinski definition) is 0. The van der Waals surface area contributed by atoms with Gasteiger partial charge in [0.25, 0.3) is 0 Å². The molecule has 0 amide bonds. The molecule has 0 spiro atoms. The summed E-state index contributed by atoms with van der Waals surface area (Å²) >= 11 is 0. The maximum Gasteiger partial charge on any atom is -0.0172 e. The summed E-state index contributed by atoms with van der Waals surface area (Å²) in [6.07, 6.45) is 14.7. The van der Waals surface area contributed by atoms with Crippen LogP contribution in [0.1, 0.15) is 53.4 Å². The zero-order valence-corrected chi connectivity index (χ0v) is 10.8. The maximum atomic E-state index is 2.46. The van der Waals surface area contributed by atoms with Crippen molar-refractivity contribution >= 4 is 0 Å². The van der Waals surface area contributed by atoms with Gasteiger partial charge in [0.1, 0.15) is 0 Å². The van der Waals surface area contributed by atoms with Crippen molar-refractivity contribution < 1.29 is 0 Å². The summed E-state index contributed by atoms with van der Waals surface area (Å²) in [5.41, 5.74) is 0.370. The molecular formula is C15H26. The van der Waals surface area contributed by atoms with Crippen molar-refractivity contribution in [2.75, 3.05) is 0 Å². The Morgan fingerprint density at radius 3 is 2.47 bits per heavy atom. The summed E-state index contributed by atoms with van der Waals surface area (Å²) in [5.74, 6) is 1.52. The third kappa shape index (κ3) is 4.68. The molecule has 0 N–H and O–H groups in total. The minimum absolute atomic E-state index is 0.370. The van der Waals surface area contributed by atoms with Gasteiger partial charge in [-0.15, -0.1) is 0 Å². The van der Waals surface area contributed by atoms with Crippen molar-refractivity contribution in [1.29, 1.82) is 0 Å². The Hall–Kier alpha value is -0.520. The third-order valence-electron chi connectivity index (χ3n) is 3.44. The van der Waals surface area contributed by atoms with E-state index in [1.165, 1.54) is 25.7 Å². The molecule has 0 bridgehead atoms. The van der Waals surface area contributed by atoms with Crippen molar-refractivity contribution in [1.82, 2.24) is 0 Å². The molecule has 0 nitrogen and oxygen atoms in total. The average Bonchev–Trinajstić information content (AvgIpc) is 2.14. The molecule has 1 rings (SSSR count). The smallest absolute Gasteiger partial charge is 0.0172 e. The van der Waals surface area contributed by atoms with Crippen molar-refractivity contribution in [3.05, 3.63) is 24.3 Å². The van der Waals surface area contributed by atoms with Crippen molar-refractivity contribution in [3.8, 4) is 0 Å². The number of rotatable bonds is 1. The second-order valence-electron chi connectivity index (χ2n) is 5.84. The molecule has 0 aromatic carbocycles. The normalized spacial score (nSPS) is 26.9. The topological polar surface area (TPSA) is 0 Å². The zero-order chi connectivity index (χ0) is 11.3. The molecule has 86 valence electrons. The molecular weight excluding hydrogens is 180 g/mol. The SMILES string of the molecule is CC(C)C1C=CC(C)(C)CCC=CCC1. The predicted molar refractivity (Wildman–Crippen MR) is 68.9 cm³/mol. The van der Waals surface area contributed by atoms with Gasteiger partial charge in [0.2, 0.25) is 0 Å². The molecule has 0 aromatic rings. The molecule has 0 fully saturated rings. The van der Waals surface area contributed by atoms with Gasteiger partial charge in [-0.3, -0.25) is 0 Å². The summed E-state index contributed by atoms with van der Waals surface area (Å²) in [4.78, 5) is 0. The lowest BCUT2D eigenvalue weighted by Gasteiger charge is -2.23. The molecule has 0 aliphatic heterocycles. The first kappa shape index (κ1) is 12.5. The summed E-state index contributed by atoms with van der Waals surface area (Å²) in [6.45, 7) is 9.35. The van der Waals surface area contributed by atoms with Crippen molar-refractivity contribution in [2.24, 2.45) is 17.3 Å². The Morgan fingerprint density at radius 2 is 1.80 bits per heavy atom. The van der Waals surface area contributed by atoms with Crippen LogP contribution in [0.3, 0.4) is 0 Å². The first-order chi connectivity index (χ1) is 7.01. The van der Waals surface area contributed by atoms with E-state index < -0.39 is 0 Å². The second-order valence-corrected chi connectivity index (χ2v) is 5.84. The van der Waals surface area contributed by atoms with Gasteiger partial charge in [0.15, 0.2) is 0 Å². The Balaban J connectivity index is 2.71. The van der Waals surface area contributed by atoms with E-state index in [0.29, 0.717) is 5.41 Å². The van der Waals surface area contributed by atoms with Gasteiger partial charge in [0, 0.05) is 0 Å². The van der Waals surface area contributed by atoms with Gasteiger partial charge in [-0.05, 0) is 42.9 Å². The van der Waals surface area contributed by atoms with Gasteiger partial charge >= 0.3 is 0 Å². The predicted octanol–water partition coefficient (Wildman–Crippen LogP) is 4.97. The largest absolute Gasteiger partial charge is 0.0885 e. The van der Waals surface area contributed by atoms with Crippen molar-refractivity contribution in [3.63, 3.8) is 0 Å². The highest BCUT2D eigenvalue weighted by molar-refractivity contribution is 5.01. The van der Waals surface area contributed by atoms with E-state index in [1.54, 1.807) is 0 Å². The van der Waals surface area contributed by atoms with Crippen LogP contribution in [0.5, 0.6) is 0 Å². The van der Waals surface area contributed by atoms with Crippen LogP contribution in [-0.4, -0.2) is 0 Å². The minimum Gasteiger partial charge on any atom is -0.0885 e. The number of hydrogen-bond acceptors (Lipinski definition) is 0. The molecule has 1 aliphatic carbocycles. The van der Waals surface area contributed by atoms with Crippen molar-refractivity contribution in [2.45, 2.75) is 53.4 Å². The highest BCUT2D eigenvalue weighted by Crippen LogP contribution is 2.28. The molecule has 0 heteroatoms. The lowest BCUT2D eigenvalue weighted by molar-refractivity contribution is 0.408. The quantitative estimate of drug-likeness (QED) is 0.531. The minimum atomic E-state index is 0.370. The summed E-state index contributed by atoms with van der Waals surface area (Å²) in [7, 11) is 0. The highest BCUT2D eigenvalue weighted by atomic mass is 14.2. The van der Waals surface area contributed by atoms with Crippen LogP contribution in [-0.2, 0) is 0 Å². The van der Waals surface area contributed by atoms with Crippen LogP contribution in [0.4, 0.5) is 0 Å².